The number of carbonyl (C=O) groups excluding carboxylic acids is 1. The van der Waals surface area contributed by atoms with Crippen LogP contribution in [0.5, 0.6) is 0 Å². The molecule has 134 valence electrons. The van der Waals surface area contributed by atoms with Crippen LogP contribution < -0.4 is 10.9 Å². The molecule has 4 aromatic rings. The average Bonchev–Trinajstić information content (AvgIpc) is 3.04. The maximum atomic E-state index is 12.9. The predicted molar refractivity (Wildman–Crippen MR) is 104 cm³/mol. The molecule has 1 amide bonds. The lowest BCUT2D eigenvalue weighted by molar-refractivity contribution is 0.101. The van der Waals surface area contributed by atoms with Crippen molar-refractivity contribution in [2.75, 3.05) is 5.32 Å². The lowest BCUT2D eigenvalue weighted by atomic mass is 10.2. The molecule has 0 saturated heterocycles. The molecule has 0 radical (unpaired) electrons. The summed E-state index contributed by atoms with van der Waals surface area (Å²) in [7, 11) is 0. The molecule has 0 fully saturated rings. The maximum absolute atomic E-state index is 12.9. The smallest absolute Gasteiger partial charge is 0.273 e. The van der Waals surface area contributed by atoms with Crippen molar-refractivity contribution >= 4 is 28.8 Å². The molecule has 7 heteroatoms. The zero-order chi connectivity index (χ0) is 18.8. The Hall–Kier alpha value is -3.38. The third kappa shape index (κ3) is 3.47. The minimum Gasteiger partial charge on any atom is -0.321 e. The number of nitrogens with zero attached hydrogens (tertiary/aromatic N) is 3. The van der Waals surface area contributed by atoms with Gasteiger partial charge in [-0.05, 0) is 29.8 Å². The first-order chi connectivity index (χ1) is 13.1. The second kappa shape index (κ2) is 7.09. The summed E-state index contributed by atoms with van der Waals surface area (Å²) >= 11 is 5.89. The number of anilines is 1. The van der Waals surface area contributed by atoms with Crippen LogP contribution in [0.15, 0.2) is 77.7 Å². The Balaban J connectivity index is 1.78. The van der Waals surface area contributed by atoms with Gasteiger partial charge in [-0.3, -0.25) is 14.3 Å². The van der Waals surface area contributed by atoms with Gasteiger partial charge in [0.25, 0.3) is 11.5 Å². The second-order valence-electron chi connectivity index (χ2n) is 5.99. The summed E-state index contributed by atoms with van der Waals surface area (Å²) in [6.45, 7) is 0.360. The molecule has 2 aromatic heterocycles. The van der Waals surface area contributed by atoms with Crippen molar-refractivity contribution in [2.45, 2.75) is 6.54 Å². The van der Waals surface area contributed by atoms with E-state index in [1.807, 2.05) is 30.3 Å². The Morgan fingerprint density at radius 3 is 2.52 bits per heavy atom. The number of aromatic nitrogens is 3. The molecule has 27 heavy (non-hydrogen) atoms. The van der Waals surface area contributed by atoms with Gasteiger partial charge in [0.1, 0.15) is 5.69 Å². The fraction of sp³-hybridized carbons (Fsp3) is 0.0500. The molecule has 0 aliphatic heterocycles. The molecule has 2 heterocycles. The first-order valence-corrected chi connectivity index (χ1v) is 8.68. The van der Waals surface area contributed by atoms with Crippen molar-refractivity contribution in [1.29, 1.82) is 0 Å². The minimum atomic E-state index is -0.335. The van der Waals surface area contributed by atoms with E-state index in [2.05, 4.69) is 10.3 Å². The largest absolute Gasteiger partial charge is 0.321 e. The highest BCUT2D eigenvalue weighted by atomic mass is 35.5. The van der Waals surface area contributed by atoms with E-state index in [4.69, 9.17) is 11.6 Å². The zero-order valence-corrected chi connectivity index (χ0v) is 14.9. The lowest BCUT2D eigenvalue weighted by Crippen LogP contribution is -2.25. The highest BCUT2D eigenvalue weighted by Gasteiger charge is 2.18. The van der Waals surface area contributed by atoms with Gasteiger partial charge in [0.15, 0.2) is 5.65 Å². The topological polar surface area (TPSA) is 68.4 Å². The Bertz CT molecular complexity index is 1160. The SMILES string of the molecule is O=C(Nc1ccc(Cl)cc1)c1cc2nccc(=O)n2n1Cc1ccccc1. The van der Waals surface area contributed by atoms with Gasteiger partial charge in [-0.15, -0.1) is 0 Å². The average molecular weight is 379 g/mol. The number of carbonyl (C=O) groups is 1. The fourth-order valence-corrected chi connectivity index (χ4v) is 3.01. The number of amides is 1. The van der Waals surface area contributed by atoms with E-state index in [0.29, 0.717) is 28.6 Å². The summed E-state index contributed by atoms with van der Waals surface area (Å²) in [6, 6.07) is 19.4. The highest BCUT2D eigenvalue weighted by Crippen LogP contribution is 2.16. The van der Waals surface area contributed by atoms with Gasteiger partial charge < -0.3 is 5.32 Å². The lowest BCUT2D eigenvalue weighted by Gasteiger charge is -2.11. The first-order valence-electron chi connectivity index (χ1n) is 8.30. The molecular weight excluding hydrogens is 364 g/mol. The standard InChI is InChI=1S/C20H15ClN4O2/c21-15-6-8-16(9-7-15)23-20(27)17-12-18-22-11-10-19(26)25(18)24(17)13-14-4-2-1-3-5-14/h1-12H,13H2,(H,23,27). The van der Waals surface area contributed by atoms with E-state index in [-0.39, 0.29) is 11.5 Å². The summed E-state index contributed by atoms with van der Waals surface area (Å²) in [5.74, 6) is -0.335. The van der Waals surface area contributed by atoms with Crippen LogP contribution in [-0.2, 0) is 6.54 Å². The van der Waals surface area contributed by atoms with E-state index in [1.54, 1.807) is 35.0 Å². The number of halogens is 1. The van der Waals surface area contributed by atoms with E-state index in [1.165, 1.54) is 16.8 Å². The quantitative estimate of drug-likeness (QED) is 0.591. The molecule has 6 nitrogen and oxygen atoms in total. The van der Waals surface area contributed by atoms with Crippen LogP contribution in [0.2, 0.25) is 5.02 Å². The number of hydrogen-bond acceptors (Lipinski definition) is 3. The van der Waals surface area contributed by atoms with Crippen LogP contribution in [-0.4, -0.2) is 20.1 Å². The Morgan fingerprint density at radius 1 is 1.04 bits per heavy atom. The first kappa shape index (κ1) is 17.1. The molecule has 1 N–H and O–H groups in total. The second-order valence-corrected chi connectivity index (χ2v) is 6.42. The number of hydrogen-bond donors (Lipinski definition) is 1. The number of rotatable bonds is 4. The predicted octanol–water partition coefficient (Wildman–Crippen LogP) is 3.45. The monoisotopic (exact) mass is 378 g/mol. The van der Waals surface area contributed by atoms with Gasteiger partial charge >= 0.3 is 0 Å². The summed E-state index contributed by atoms with van der Waals surface area (Å²) in [4.78, 5) is 29.5. The highest BCUT2D eigenvalue weighted by molar-refractivity contribution is 6.30. The van der Waals surface area contributed by atoms with Crippen LogP contribution in [0, 0.1) is 0 Å². The summed E-state index contributed by atoms with van der Waals surface area (Å²) in [5.41, 5.74) is 2.08. The van der Waals surface area contributed by atoms with Crippen molar-refractivity contribution in [3.8, 4) is 0 Å². The third-order valence-corrected chi connectivity index (χ3v) is 4.40. The molecule has 0 aliphatic carbocycles. The van der Waals surface area contributed by atoms with Crippen molar-refractivity contribution in [3.63, 3.8) is 0 Å². The van der Waals surface area contributed by atoms with E-state index >= 15 is 0 Å². The van der Waals surface area contributed by atoms with Gasteiger partial charge in [0.05, 0.1) is 6.54 Å². The zero-order valence-electron chi connectivity index (χ0n) is 14.2. The molecule has 0 spiro atoms. The minimum absolute atomic E-state index is 0.249. The number of benzene rings is 2. The number of fused-ring (bicyclic) bond motifs is 1. The Labute approximate surface area is 159 Å². The summed E-state index contributed by atoms with van der Waals surface area (Å²) < 4.78 is 3.04. The molecule has 0 bridgehead atoms. The molecular formula is C20H15ClN4O2. The number of nitrogens with one attached hydrogen (secondary N) is 1. The van der Waals surface area contributed by atoms with Gasteiger partial charge in [0.2, 0.25) is 0 Å². The van der Waals surface area contributed by atoms with Crippen LogP contribution in [0.1, 0.15) is 16.1 Å². The van der Waals surface area contributed by atoms with Crippen molar-refractivity contribution in [2.24, 2.45) is 0 Å². The summed E-state index contributed by atoms with van der Waals surface area (Å²) in [5, 5.41) is 3.42. The molecule has 2 aromatic carbocycles. The van der Waals surface area contributed by atoms with Crippen LogP contribution >= 0.6 is 11.6 Å². The van der Waals surface area contributed by atoms with Gasteiger partial charge in [0, 0.05) is 29.0 Å². The maximum Gasteiger partial charge on any atom is 0.273 e. The Kier molecular flexibility index (Phi) is 4.48. The Morgan fingerprint density at radius 2 is 1.78 bits per heavy atom. The van der Waals surface area contributed by atoms with Gasteiger partial charge in [-0.2, -0.15) is 4.52 Å². The molecule has 4 rings (SSSR count). The van der Waals surface area contributed by atoms with Crippen LogP contribution in [0.3, 0.4) is 0 Å². The summed E-state index contributed by atoms with van der Waals surface area (Å²) in [6.07, 6.45) is 1.44. The third-order valence-electron chi connectivity index (χ3n) is 4.14. The van der Waals surface area contributed by atoms with Gasteiger partial charge in [-0.1, -0.05) is 41.9 Å². The molecule has 0 unspecified atom stereocenters. The van der Waals surface area contributed by atoms with E-state index in [0.717, 1.165) is 5.56 Å². The van der Waals surface area contributed by atoms with E-state index < -0.39 is 0 Å². The van der Waals surface area contributed by atoms with Crippen molar-refractivity contribution in [1.82, 2.24) is 14.2 Å². The fourth-order valence-electron chi connectivity index (χ4n) is 2.88. The van der Waals surface area contributed by atoms with Crippen LogP contribution in [0.25, 0.3) is 5.65 Å². The van der Waals surface area contributed by atoms with Crippen molar-refractivity contribution < 1.29 is 4.79 Å². The molecule has 0 saturated carbocycles. The van der Waals surface area contributed by atoms with Crippen LogP contribution in [0.4, 0.5) is 5.69 Å². The molecule has 0 aliphatic rings. The van der Waals surface area contributed by atoms with Gasteiger partial charge in [-0.25, -0.2) is 4.98 Å². The van der Waals surface area contributed by atoms with E-state index in [9.17, 15) is 9.59 Å². The molecule has 0 atom stereocenters. The van der Waals surface area contributed by atoms with Crippen molar-refractivity contribution in [3.05, 3.63) is 99.6 Å². The normalized spacial score (nSPS) is 10.9.